The zero-order valence-electron chi connectivity index (χ0n) is 8.43. The lowest BCUT2D eigenvalue weighted by molar-refractivity contribution is -0.116. The van der Waals surface area contributed by atoms with Crippen LogP contribution in [0.5, 0.6) is 0 Å². The monoisotopic (exact) mass is 207 g/mol. The Morgan fingerprint density at radius 2 is 2.27 bits per heavy atom. The lowest BCUT2D eigenvalue weighted by atomic mass is 9.70. The number of benzene rings is 1. The number of hydrogen-bond acceptors (Lipinski definition) is 4. The molecule has 0 spiro atoms. The predicted molar refractivity (Wildman–Crippen MR) is 55.4 cm³/mol. The summed E-state index contributed by atoms with van der Waals surface area (Å²) in [5, 5.41) is 19.0. The van der Waals surface area contributed by atoms with Gasteiger partial charge in [-0.15, -0.1) is 5.46 Å². The van der Waals surface area contributed by atoms with Crippen LogP contribution in [0.2, 0.25) is 0 Å². The molecule has 0 amide bonds. The van der Waals surface area contributed by atoms with Crippen LogP contribution in [0.1, 0.15) is 18.1 Å². The smallest absolute Gasteiger partial charge is 0.405 e. The van der Waals surface area contributed by atoms with Crippen LogP contribution in [-0.2, 0) is 22.5 Å². The molecule has 0 aliphatic carbocycles. The van der Waals surface area contributed by atoms with Gasteiger partial charge in [-0.1, -0.05) is 23.8 Å². The maximum atomic E-state index is 10.9. The average molecular weight is 207 g/mol. The van der Waals surface area contributed by atoms with Crippen LogP contribution in [-0.4, -0.2) is 22.6 Å². The molecule has 1 aliphatic rings. The highest BCUT2D eigenvalue weighted by molar-refractivity contribution is 6.74. The first-order valence-corrected chi connectivity index (χ1v) is 4.83. The topological polar surface area (TPSA) is 66.8 Å². The van der Waals surface area contributed by atoms with E-state index in [1.54, 1.807) is 18.2 Å². The quantitative estimate of drug-likeness (QED) is 0.640. The number of ketones is 1. The molecule has 15 heavy (non-hydrogen) atoms. The molecular formula is C10H12BO4-. The summed E-state index contributed by atoms with van der Waals surface area (Å²) in [4.78, 5) is 10.9. The van der Waals surface area contributed by atoms with Gasteiger partial charge in [0.1, 0.15) is 5.78 Å². The number of carbonyl (C=O) groups excluding carboxylic acids is 1. The minimum absolute atomic E-state index is 0.0443. The molecule has 1 heterocycles. The van der Waals surface area contributed by atoms with Gasteiger partial charge in [-0.25, -0.2) is 0 Å². The Bertz CT molecular complexity index is 414. The van der Waals surface area contributed by atoms with Gasteiger partial charge in [-0.2, -0.15) is 0 Å². The van der Waals surface area contributed by atoms with Crippen molar-refractivity contribution in [3.8, 4) is 0 Å². The zero-order chi connectivity index (χ0) is 11.1. The van der Waals surface area contributed by atoms with Crippen LogP contribution in [0.4, 0.5) is 0 Å². The number of Topliss-reactive ketones (excluding diaryl/α,β-unsaturated/α-hetero) is 1. The van der Waals surface area contributed by atoms with E-state index in [1.165, 1.54) is 6.92 Å². The summed E-state index contributed by atoms with van der Waals surface area (Å²) in [6.45, 7) is -1.15. The maximum Gasteiger partial charge on any atom is 0.405 e. The van der Waals surface area contributed by atoms with E-state index in [0.717, 1.165) is 11.1 Å². The predicted octanol–water partition coefficient (Wildman–Crippen LogP) is -0.521. The van der Waals surface area contributed by atoms with Gasteiger partial charge in [0.25, 0.3) is 0 Å². The van der Waals surface area contributed by atoms with Crippen molar-refractivity contribution in [1.82, 2.24) is 0 Å². The third kappa shape index (κ3) is 1.94. The fraction of sp³-hybridized carbons (Fsp3) is 0.300. The standard InChI is InChI=1S/C10H12BO4/c1-7(12)4-8-2-3-9-6-15-11(13,14)10(9)5-8/h2-3,5,13-14H,4,6H2,1H3/q-1. The molecule has 0 saturated carbocycles. The lowest BCUT2D eigenvalue weighted by Crippen LogP contribution is -2.47. The Morgan fingerprint density at radius 1 is 1.53 bits per heavy atom. The molecule has 0 unspecified atom stereocenters. The van der Waals surface area contributed by atoms with Gasteiger partial charge in [0.15, 0.2) is 0 Å². The molecule has 4 nitrogen and oxygen atoms in total. The van der Waals surface area contributed by atoms with Crippen LogP contribution < -0.4 is 5.46 Å². The van der Waals surface area contributed by atoms with Crippen LogP contribution in [0.25, 0.3) is 0 Å². The molecule has 2 N–H and O–H groups in total. The SMILES string of the molecule is CC(=O)Cc1ccc2c(c1)[B-](O)(O)OC2. The van der Waals surface area contributed by atoms with E-state index >= 15 is 0 Å². The molecule has 2 rings (SSSR count). The highest BCUT2D eigenvalue weighted by Gasteiger charge is 2.31. The molecule has 1 aromatic carbocycles. The van der Waals surface area contributed by atoms with E-state index in [0.29, 0.717) is 11.9 Å². The summed E-state index contributed by atoms with van der Waals surface area (Å²) in [6, 6.07) is 5.20. The van der Waals surface area contributed by atoms with Gasteiger partial charge in [0.05, 0.1) is 0 Å². The fourth-order valence-electron chi connectivity index (χ4n) is 1.82. The Morgan fingerprint density at radius 3 is 2.93 bits per heavy atom. The fourth-order valence-corrected chi connectivity index (χ4v) is 1.82. The van der Waals surface area contributed by atoms with Crippen LogP contribution in [0.3, 0.4) is 0 Å². The molecule has 1 aliphatic heterocycles. The minimum atomic E-state index is -2.86. The number of carbonyl (C=O) groups is 1. The summed E-state index contributed by atoms with van der Waals surface area (Å²) in [5.74, 6) is 0.0443. The van der Waals surface area contributed by atoms with E-state index in [2.05, 4.69) is 0 Å². The van der Waals surface area contributed by atoms with E-state index in [-0.39, 0.29) is 12.4 Å². The Balaban J connectivity index is 2.37. The van der Waals surface area contributed by atoms with E-state index in [4.69, 9.17) is 4.65 Å². The Labute approximate surface area is 87.5 Å². The van der Waals surface area contributed by atoms with Crippen molar-refractivity contribution < 1.29 is 19.5 Å². The summed E-state index contributed by atoms with van der Waals surface area (Å²) in [6.07, 6.45) is 0.305. The zero-order valence-corrected chi connectivity index (χ0v) is 8.43. The highest BCUT2D eigenvalue weighted by Crippen LogP contribution is 2.16. The second-order valence-corrected chi connectivity index (χ2v) is 3.93. The van der Waals surface area contributed by atoms with Crippen molar-refractivity contribution in [2.45, 2.75) is 20.0 Å². The van der Waals surface area contributed by atoms with E-state index in [1.807, 2.05) is 0 Å². The summed E-state index contributed by atoms with van der Waals surface area (Å²) < 4.78 is 4.86. The van der Waals surface area contributed by atoms with Crippen LogP contribution in [0.15, 0.2) is 18.2 Å². The van der Waals surface area contributed by atoms with Crippen LogP contribution in [0, 0.1) is 0 Å². The summed E-state index contributed by atoms with van der Waals surface area (Å²) in [7, 11) is 0. The summed E-state index contributed by atoms with van der Waals surface area (Å²) in [5.41, 5.74) is 1.95. The van der Waals surface area contributed by atoms with Crippen molar-refractivity contribution in [2.24, 2.45) is 0 Å². The number of hydrogen-bond donors (Lipinski definition) is 2. The maximum absolute atomic E-state index is 10.9. The van der Waals surface area contributed by atoms with E-state index in [9.17, 15) is 14.8 Å². The van der Waals surface area contributed by atoms with Gasteiger partial charge in [0, 0.05) is 13.0 Å². The first-order chi connectivity index (χ1) is 6.99. The second-order valence-electron chi connectivity index (χ2n) is 3.93. The van der Waals surface area contributed by atoms with Gasteiger partial charge in [0.2, 0.25) is 0 Å². The molecule has 0 bridgehead atoms. The van der Waals surface area contributed by atoms with Crippen molar-refractivity contribution in [3.05, 3.63) is 29.3 Å². The molecule has 0 saturated heterocycles. The molecule has 0 radical (unpaired) electrons. The number of fused-ring (bicyclic) bond motifs is 1. The normalized spacial score (nSPS) is 17.5. The van der Waals surface area contributed by atoms with Crippen LogP contribution >= 0.6 is 0 Å². The third-order valence-corrected chi connectivity index (χ3v) is 2.54. The van der Waals surface area contributed by atoms with Crippen molar-refractivity contribution in [1.29, 1.82) is 0 Å². The molecule has 1 aromatic rings. The highest BCUT2D eigenvalue weighted by atomic mass is 16.6. The van der Waals surface area contributed by atoms with Crippen molar-refractivity contribution >= 4 is 18.0 Å². The first kappa shape index (κ1) is 10.4. The molecule has 0 fully saturated rings. The average Bonchev–Trinajstić information content (AvgIpc) is 2.42. The number of rotatable bonds is 2. The van der Waals surface area contributed by atoms with Gasteiger partial charge in [-0.3, -0.25) is 4.79 Å². The Hall–Kier alpha value is -1.17. The molecular weight excluding hydrogens is 195 g/mol. The molecule has 0 aromatic heterocycles. The van der Waals surface area contributed by atoms with Crippen molar-refractivity contribution in [2.75, 3.05) is 0 Å². The second kappa shape index (κ2) is 3.45. The van der Waals surface area contributed by atoms with Gasteiger partial charge < -0.3 is 14.7 Å². The van der Waals surface area contributed by atoms with Gasteiger partial charge in [-0.05, 0) is 12.5 Å². The first-order valence-electron chi connectivity index (χ1n) is 4.83. The summed E-state index contributed by atoms with van der Waals surface area (Å²) >= 11 is 0. The van der Waals surface area contributed by atoms with E-state index < -0.39 is 6.75 Å². The third-order valence-electron chi connectivity index (χ3n) is 2.54. The van der Waals surface area contributed by atoms with Crippen molar-refractivity contribution in [3.63, 3.8) is 0 Å². The largest absolute Gasteiger partial charge is 0.556 e. The van der Waals surface area contributed by atoms with Gasteiger partial charge >= 0.3 is 6.75 Å². The molecule has 80 valence electrons. The lowest BCUT2D eigenvalue weighted by Gasteiger charge is -2.22. The molecule has 0 atom stereocenters. The minimum Gasteiger partial charge on any atom is -0.556 e. The molecule has 5 heteroatoms. The Kier molecular flexibility index (Phi) is 2.38.